The van der Waals surface area contributed by atoms with Crippen LogP contribution in [0.3, 0.4) is 0 Å². The number of H-pyrrole nitrogens is 1. The fourth-order valence-corrected chi connectivity index (χ4v) is 3.81. The molecule has 142 valence electrons. The third kappa shape index (κ3) is 3.59. The molecule has 2 heterocycles. The zero-order valence-corrected chi connectivity index (χ0v) is 15.0. The van der Waals surface area contributed by atoms with Crippen LogP contribution in [0, 0.1) is 11.7 Å². The number of aromatic amines is 1. The number of nitrogens with one attached hydrogen (secondary N) is 2. The molecule has 1 atom stereocenters. The number of nitrogens with zero attached hydrogens (tertiary/aromatic N) is 1. The summed E-state index contributed by atoms with van der Waals surface area (Å²) >= 11 is 0. The van der Waals surface area contributed by atoms with Crippen molar-refractivity contribution in [1.29, 1.82) is 0 Å². The van der Waals surface area contributed by atoms with Crippen LogP contribution in [0.25, 0.3) is 10.9 Å². The van der Waals surface area contributed by atoms with Crippen molar-refractivity contribution < 1.29 is 14.0 Å². The number of hydrogen-bond acceptors (Lipinski definition) is 3. The number of hydrogen-bond donors (Lipinski definition) is 2. The molecule has 2 fully saturated rings. The standard InChI is InChI=1S/C20H22FN3O3/c21-14-7-6-13-9-16(19(26)23-17(13)10-14)18(25)22-15-5-2-8-24(11-15)20(27)12-3-1-4-12/h6-7,9-10,12,15H,1-5,8,11H2,(H,22,25)(H,23,26). The minimum absolute atomic E-state index is 0.00319. The molecule has 7 heteroatoms. The highest BCUT2D eigenvalue weighted by Crippen LogP contribution is 2.29. The lowest BCUT2D eigenvalue weighted by Crippen LogP contribution is -2.52. The van der Waals surface area contributed by atoms with Gasteiger partial charge in [-0.15, -0.1) is 0 Å². The van der Waals surface area contributed by atoms with E-state index in [2.05, 4.69) is 10.3 Å². The Bertz CT molecular complexity index is 951. The van der Waals surface area contributed by atoms with Gasteiger partial charge >= 0.3 is 0 Å². The van der Waals surface area contributed by atoms with Gasteiger partial charge in [0.05, 0.1) is 5.52 Å². The number of rotatable bonds is 3. The van der Waals surface area contributed by atoms with Gasteiger partial charge < -0.3 is 15.2 Å². The number of carbonyl (C=O) groups is 2. The normalized spacial score (nSPS) is 20.3. The van der Waals surface area contributed by atoms with E-state index in [1.807, 2.05) is 4.90 Å². The van der Waals surface area contributed by atoms with Crippen LogP contribution in [0.4, 0.5) is 4.39 Å². The Labute approximate surface area is 155 Å². The number of benzene rings is 1. The number of halogens is 1. The smallest absolute Gasteiger partial charge is 0.261 e. The summed E-state index contributed by atoms with van der Waals surface area (Å²) in [5, 5.41) is 3.47. The van der Waals surface area contributed by atoms with Gasteiger partial charge in [0, 0.05) is 25.0 Å². The second-order valence-electron chi connectivity index (χ2n) is 7.47. The van der Waals surface area contributed by atoms with Crippen molar-refractivity contribution in [3.05, 3.63) is 46.0 Å². The van der Waals surface area contributed by atoms with Crippen LogP contribution in [0.2, 0.25) is 0 Å². The predicted octanol–water partition coefficient (Wildman–Crippen LogP) is 2.19. The first-order valence-corrected chi connectivity index (χ1v) is 9.43. The van der Waals surface area contributed by atoms with Crippen LogP contribution in [-0.4, -0.2) is 40.8 Å². The van der Waals surface area contributed by atoms with Crippen molar-refractivity contribution in [1.82, 2.24) is 15.2 Å². The molecule has 1 saturated carbocycles. The van der Waals surface area contributed by atoms with E-state index in [1.165, 1.54) is 24.3 Å². The minimum Gasteiger partial charge on any atom is -0.347 e. The Kier molecular flexibility index (Phi) is 4.68. The van der Waals surface area contributed by atoms with E-state index in [4.69, 9.17) is 0 Å². The van der Waals surface area contributed by atoms with Gasteiger partial charge in [-0.25, -0.2) is 4.39 Å². The lowest BCUT2D eigenvalue weighted by atomic mass is 9.84. The first kappa shape index (κ1) is 17.7. The summed E-state index contributed by atoms with van der Waals surface area (Å²) in [5.74, 6) is -0.590. The van der Waals surface area contributed by atoms with Gasteiger partial charge in [-0.2, -0.15) is 0 Å². The average Bonchev–Trinajstić information content (AvgIpc) is 2.59. The molecule has 0 bridgehead atoms. The van der Waals surface area contributed by atoms with E-state index < -0.39 is 17.3 Å². The first-order valence-electron chi connectivity index (χ1n) is 9.43. The minimum atomic E-state index is -0.552. The first-order chi connectivity index (χ1) is 13.0. The molecule has 2 aromatic rings. The van der Waals surface area contributed by atoms with Crippen LogP contribution in [0.1, 0.15) is 42.5 Å². The molecule has 6 nitrogen and oxygen atoms in total. The summed E-state index contributed by atoms with van der Waals surface area (Å²) in [6, 6.07) is 5.34. The van der Waals surface area contributed by atoms with Gasteiger partial charge in [0.25, 0.3) is 11.5 Å². The van der Waals surface area contributed by atoms with Crippen LogP contribution in [0.15, 0.2) is 29.1 Å². The van der Waals surface area contributed by atoms with Crippen molar-refractivity contribution >= 4 is 22.7 Å². The zero-order valence-electron chi connectivity index (χ0n) is 15.0. The van der Waals surface area contributed by atoms with Crippen molar-refractivity contribution in [2.75, 3.05) is 13.1 Å². The quantitative estimate of drug-likeness (QED) is 0.868. The van der Waals surface area contributed by atoms with E-state index in [0.717, 1.165) is 38.6 Å². The van der Waals surface area contributed by atoms with Gasteiger partial charge in [-0.3, -0.25) is 14.4 Å². The van der Waals surface area contributed by atoms with E-state index in [9.17, 15) is 18.8 Å². The molecule has 27 heavy (non-hydrogen) atoms. The summed E-state index contributed by atoms with van der Waals surface area (Å²) in [6.07, 6.45) is 4.63. The molecular formula is C20H22FN3O3. The van der Waals surface area contributed by atoms with Crippen LogP contribution in [0.5, 0.6) is 0 Å². The molecule has 2 aliphatic rings. The zero-order chi connectivity index (χ0) is 19.0. The number of piperidine rings is 1. The molecule has 1 saturated heterocycles. The maximum atomic E-state index is 13.3. The molecular weight excluding hydrogens is 349 g/mol. The third-order valence-electron chi connectivity index (χ3n) is 5.58. The van der Waals surface area contributed by atoms with E-state index in [-0.39, 0.29) is 23.4 Å². The summed E-state index contributed by atoms with van der Waals surface area (Å²) in [5.41, 5.74) is -0.202. The Hall–Kier alpha value is -2.70. The highest BCUT2D eigenvalue weighted by Gasteiger charge is 2.32. The van der Waals surface area contributed by atoms with Crippen molar-refractivity contribution in [3.8, 4) is 0 Å². The fourth-order valence-electron chi connectivity index (χ4n) is 3.81. The highest BCUT2D eigenvalue weighted by atomic mass is 19.1. The molecule has 1 aromatic carbocycles. The molecule has 4 rings (SSSR count). The number of carbonyl (C=O) groups excluding carboxylic acids is 2. The molecule has 1 unspecified atom stereocenters. The van der Waals surface area contributed by atoms with Gasteiger partial charge in [0.1, 0.15) is 11.4 Å². The van der Waals surface area contributed by atoms with Crippen molar-refractivity contribution in [2.45, 2.75) is 38.1 Å². The van der Waals surface area contributed by atoms with Gasteiger partial charge in [0.2, 0.25) is 5.91 Å². The second kappa shape index (κ2) is 7.13. The molecule has 1 aliphatic heterocycles. The third-order valence-corrected chi connectivity index (χ3v) is 5.58. The molecule has 1 aliphatic carbocycles. The number of aromatic nitrogens is 1. The van der Waals surface area contributed by atoms with Crippen LogP contribution < -0.4 is 10.9 Å². The lowest BCUT2D eigenvalue weighted by Gasteiger charge is -2.37. The second-order valence-corrected chi connectivity index (χ2v) is 7.47. The van der Waals surface area contributed by atoms with E-state index >= 15 is 0 Å². The molecule has 0 radical (unpaired) electrons. The van der Waals surface area contributed by atoms with E-state index in [1.54, 1.807) is 0 Å². The van der Waals surface area contributed by atoms with Crippen LogP contribution >= 0.6 is 0 Å². The topological polar surface area (TPSA) is 82.3 Å². The van der Waals surface area contributed by atoms with Crippen LogP contribution in [-0.2, 0) is 4.79 Å². The Morgan fingerprint density at radius 2 is 1.96 bits per heavy atom. The maximum Gasteiger partial charge on any atom is 0.261 e. The maximum absolute atomic E-state index is 13.3. The fraction of sp³-hybridized carbons (Fsp3) is 0.450. The molecule has 0 spiro atoms. The monoisotopic (exact) mass is 371 g/mol. The summed E-state index contributed by atoms with van der Waals surface area (Å²) in [6.45, 7) is 1.21. The number of likely N-dealkylation sites (tertiary alicyclic amines) is 1. The number of fused-ring (bicyclic) bond motifs is 1. The van der Waals surface area contributed by atoms with Gasteiger partial charge in [0.15, 0.2) is 0 Å². The molecule has 2 N–H and O–H groups in total. The van der Waals surface area contributed by atoms with Crippen molar-refractivity contribution in [2.24, 2.45) is 5.92 Å². The Balaban J connectivity index is 1.47. The molecule has 1 aromatic heterocycles. The summed E-state index contributed by atoms with van der Waals surface area (Å²) < 4.78 is 13.3. The number of pyridine rings is 1. The number of amides is 2. The highest BCUT2D eigenvalue weighted by molar-refractivity contribution is 5.97. The van der Waals surface area contributed by atoms with E-state index in [0.29, 0.717) is 17.4 Å². The Morgan fingerprint density at radius 1 is 1.15 bits per heavy atom. The molecule has 2 amide bonds. The lowest BCUT2D eigenvalue weighted by molar-refractivity contribution is -0.139. The largest absolute Gasteiger partial charge is 0.347 e. The predicted molar refractivity (Wildman–Crippen MR) is 98.9 cm³/mol. The van der Waals surface area contributed by atoms with Gasteiger partial charge in [-0.05, 0) is 55.3 Å². The van der Waals surface area contributed by atoms with Gasteiger partial charge in [-0.1, -0.05) is 6.42 Å². The van der Waals surface area contributed by atoms with Crippen molar-refractivity contribution in [3.63, 3.8) is 0 Å². The summed E-state index contributed by atoms with van der Waals surface area (Å²) in [4.78, 5) is 41.7. The SMILES string of the molecule is O=C(NC1CCCN(C(=O)C2CCC2)C1)c1cc2ccc(F)cc2[nH]c1=O. The average molecular weight is 371 g/mol. The Morgan fingerprint density at radius 3 is 2.70 bits per heavy atom. The summed E-state index contributed by atoms with van der Waals surface area (Å²) in [7, 11) is 0.